The van der Waals surface area contributed by atoms with E-state index in [1.807, 2.05) is 11.0 Å². The summed E-state index contributed by atoms with van der Waals surface area (Å²) < 4.78 is 10.6. The van der Waals surface area contributed by atoms with E-state index >= 15 is 0 Å². The molecule has 1 aliphatic heterocycles. The summed E-state index contributed by atoms with van der Waals surface area (Å²) >= 11 is 0. The molecule has 6 heteroatoms. The van der Waals surface area contributed by atoms with Crippen LogP contribution in [0, 0.1) is 0 Å². The van der Waals surface area contributed by atoms with E-state index < -0.39 is 0 Å². The standard InChI is InChI=1S/C22H26N2O4/c1-27-14-15-28-20-11-4-3-10-19(20)21(25)23-18-9-7-8-17(16-18)22(26)24-12-5-2-6-13-24/h3-4,7-11,16H,2,5-6,12-15H2,1H3,(H,23,25). The summed E-state index contributed by atoms with van der Waals surface area (Å²) in [6.45, 7) is 2.39. The van der Waals surface area contributed by atoms with Crippen molar-refractivity contribution in [3.05, 3.63) is 59.7 Å². The molecule has 0 bridgehead atoms. The number of carbonyl (C=O) groups is 2. The van der Waals surface area contributed by atoms with Crippen LogP contribution in [0.2, 0.25) is 0 Å². The summed E-state index contributed by atoms with van der Waals surface area (Å²) in [7, 11) is 1.60. The molecule has 0 aromatic heterocycles. The lowest BCUT2D eigenvalue weighted by Crippen LogP contribution is -2.35. The Kier molecular flexibility index (Phi) is 7.03. The van der Waals surface area contributed by atoms with E-state index in [1.54, 1.807) is 49.6 Å². The average molecular weight is 382 g/mol. The summed E-state index contributed by atoms with van der Waals surface area (Å²) in [6.07, 6.45) is 3.26. The highest BCUT2D eigenvalue weighted by atomic mass is 16.5. The summed E-state index contributed by atoms with van der Waals surface area (Å²) in [5.74, 6) is 0.229. The molecule has 3 rings (SSSR count). The number of nitrogens with one attached hydrogen (secondary N) is 1. The number of hydrogen-bond donors (Lipinski definition) is 1. The van der Waals surface area contributed by atoms with Crippen molar-refractivity contribution in [2.75, 3.05) is 38.7 Å². The number of nitrogens with zero attached hydrogens (tertiary/aromatic N) is 1. The molecule has 0 atom stereocenters. The van der Waals surface area contributed by atoms with Crippen molar-refractivity contribution >= 4 is 17.5 Å². The number of hydrogen-bond acceptors (Lipinski definition) is 4. The second-order valence-corrected chi connectivity index (χ2v) is 6.73. The van der Waals surface area contributed by atoms with Gasteiger partial charge in [0.25, 0.3) is 11.8 Å². The van der Waals surface area contributed by atoms with Gasteiger partial charge in [-0.15, -0.1) is 0 Å². The number of rotatable bonds is 7. The Morgan fingerprint density at radius 1 is 1.00 bits per heavy atom. The number of para-hydroxylation sites is 1. The largest absolute Gasteiger partial charge is 0.490 e. The Morgan fingerprint density at radius 3 is 2.57 bits per heavy atom. The molecule has 0 saturated carbocycles. The van der Waals surface area contributed by atoms with E-state index in [1.165, 1.54) is 6.42 Å². The zero-order valence-corrected chi connectivity index (χ0v) is 16.1. The van der Waals surface area contributed by atoms with Crippen LogP contribution < -0.4 is 10.1 Å². The van der Waals surface area contributed by atoms with Gasteiger partial charge in [-0.1, -0.05) is 18.2 Å². The predicted molar refractivity (Wildman–Crippen MR) is 108 cm³/mol. The van der Waals surface area contributed by atoms with Crippen molar-refractivity contribution in [2.24, 2.45) is 0 Å². The van der Waals surface area contributed by atoms with Gasteiger partial charge in [-0.05, 0) is 49.6 Å². The molecule has 2 aromatic rings. The van der Waals surface area contributed by atoms with Gasteiger partial charge in [0.15, 0.2) is 0 Å². The molecule has 0 aliphatic carbocycles. The van der Waals surface area contributed by atoms with E-state index in [0.29, 0.717) is 35.8 Å². The summed E-state index contributed by atoms with van der Waals surface area (Å²) in [5.41, 5.74) is 1.61. The third kappa shape index (κ3) is 5.10. The van der Waals surface area contributed by atoms with Crippen LogP contribution in [0.3, 0.4) is 0 Å². The van der Waals surface area contributed by atoms with Gasteiger partial charge in [-0.25, -0.2) is 0 Å². The van der Waals surface area contributed by atoms with Crippen LogP contribution in [0.4, 0.5) is 5.69 Å². The Hall–Kier alpha value is -2.86. The lowest BCUT2D eigenvalue weighted by molar-refractivity contribution is 0.0724. The van der Waals surface area contributed by atoms with Crippen LogP contribution in [0.5, 0.6) is 5.75 Å². The van der Waals surface area contributed by atoms with E-state index in [-0.39, 0.29) is 11.8 Å². The van der Waals surface area contributed by atoms with Gasteiger partial charge in [-0.3, -0.25) is 9.59 Å². The number of carbonyl (C=O) groups excluding carboxylic acids is 2. The first-order valence-corrected chi connectivity index (χ1v) is 9.60. The van der Waals surface area contributed by atoms with Crippen molar-refractivity contribution in [1.82, 2.24) is 4.90 Å². The third-order valence-electron chi connectivity index (χ3n) is 4.69. The van der Waals surface area contributed by atoms with Crippen molar-refractivity contribution in [1.29, 1.82) is 0 Å². The fourth-order valence-corrected chi connectivity index (χ4v) is 3.22. The number of piperidine rings is 1. The zero-order chi connectivity index (χ0) is 19.8. The van der Waals surface area contributed by atoms with Crippen LogP contribution in [0.1, 0.15) is 40.0 Å². The van der Waals surface area contributed by atoms with Gasteiger partial charge in [-0.2, -0.15) is 0 Å². The summed E-state index contributed by atoms with van der Waals surface area (Å²) in [5, 5.41) is 2.87. The minimum absolute atomic E-state index is 0.0131. The van der Waals surface area contributed by atoms with Gasteiger partial charge >= 0.3 is 0 Å². The highest BCUT2D eigenvalue weighted by molar-refractivity contribution is 6.06. The molecular formula is C22H26N2O4. The van der Waals surface area contributed by atoms with Gasteiger partial charge < -0.3 is 19.7 Å². The zero-order valence-electron chi connectivity index (χ0n) is 16.1. The lowest BCUT2D eigenvalue weighted by atomic mass is 10.1. The number of amides is 2. The molecule has 1 saturated heterocycles. The highest BCUT2D eigenvalue weighted by Crippen LogP contribution is 2.21. The molecule has 0 radical (unpaired) electrons. The molecule has 1 aliphatic rings. The molecule has 6 nitrogen and oxygen atoms in total. The maximum absolute atomic E-state index is 12.7. The van der Waals surface area contributed by atoms with Crippen molar-refractivity contribution in [2.45, 2.75) is 19.3 Å². The Balaban J connectivity index is 1.70. The minimum atomic E-state index is -0.282. The Labute approximate surface area is 165 Å². The van der Waals surface area contributed by atoms with Gasteiger partial charge in [0.2, 0.25) is 0 Å². The van der Waals surface area contributed by atoms with Crippen LogP contribution in [0.25, 0.3) is 0 Å². The molecule has 2 aromatic carbocycles. The molecule has 1 fully saturated rings. The molecule has 28 heavy (non-hydrogen) atoms. The third-order valence-corrected chi connectivity index (χ3v) is 4.69. The normalized spacial score (nSPS) is 13.8. The SMILES string of the molecule is COCCOc1ccccc1C(=O)Nc1cccc(C(=O)N2CCCCC2)c1. The monoisotopic (exact) mass is 382 g/mol. The van der Waals surface area contributed by atoms with E-state index in [0.717, 1.165) is 25.9 Å². The number of likely N-dealkylation sites (tertiary alicyclic amines) is 1. The lowest BCUT2D eigenvalue weighted by Gasteiger charge is -2.26. The first-order valence-electron chi connectivity index (χ1n) is 9.60. The van der Waals surface area contributed by atoms with Gasteiger partial charge in [0.05, 0.1) is 12.2 Å². The van der Waals surface area contributed by atoms with E-state index in [2.05, 4.69) is 5.32 Å². The molecule has 0 unspecified atom stereocenters. The van der Waals surface area contributed by atoms with Crippen molar-refractivity contribution in [3.8, 4) is 5.75 Å². The molecular weight excluding hydrogens is 356 g/mol. The van der Waals surface area contributed by atoms with Crippen LogP contribution in [-0.2, 0) is 4.74 Å². The van der Waals surface area contributed by atoms with Gasteiger partial charge in [0, 0.05) is 31.5 Å². The highest BCUT2D eigenvalue weighted by Gasteiger charge is 2.19. The topological polar surface area (TPSA) is 67.9 Å². The molecule has 0 spiro atoms. The first-order chi connectivity index (χ1) is 13.7. The second kappa shape index (κ2) is 9.90. The molecule has 1 heterocycles. The fourth-order valence-electron chi connectivity index (χ4n) is 3.22. The van der Waals surface area contributed by atoms with Crippen LogP contribution >= 0.6 is 0 Å². The molecule has 2 amide bonds. The number of benzene rings is 2. The van der Waals surface area contributed by atoms with Crippen molar-refractivity contribution in [3.63, 3.8) is 0 Å². The maximum atomic E-state index is 12.7. The predicted octanol–water partition coefficient (Wildman–Crippen LogP) is 3.59. The second-order valence-electron chi connectivity index (χ2n) is 6.73. The Bertz CT molecular complexity index is 816. The first kappa shape index (κ1) is 19.9. The Morgan fingerprint density at radius 2 is 1.79 bits per heavy atom. The van der Waals surface area contributed by atoms with Crippen molar-refractivity contribution < 1.29 is 19.1 Å². The van der Waals surface area contributed by atoms with Gasteiger partial charge in [0.1, 0.15) is 12.4 Å². The summed E-state index contributed by atoms with van der Waals surface area (Å²) in [6, 6.07) is 14.1. The minimum Gasteiger partial charge on any atom is -0.490 e. The summed E-state index contributed by atoms with van der Waals surface area (Å²) in [4.78, 5) is 27.3. The number of anilines is 1. The average Bonchev–Trinajstić information content (AvgIpc) is 2.74. The number of methoxy groups -OCH3 is 1. The van der Waals surface area contributed by atoms with Crippen LogP contribution in [-0.4, -0.2) is 50.1 Å². The maximum Gasteiger partial charge on any atom is 0.259 e. The molecule has 148 valence electrons. The van der Waals surface area contributed by atoms with E-state index in [9.17, 15) is 9.59 Å². The molecule has 1 N–H and O–H groups in total. The smallest absolute Gasteiger partial charge is 0.259 e. The number of ether oxygens (including phenoxy) is 2. The fraction of sp³-hybridized carbons (Fsp3) is 0.364. The van der Waals surface area contributed by atoms with Crippen LogP contribution in [0.15, 0.2) is 48.5 Å². The quantitative estimate of drug-likeness (QED) is 0.743. The van der Waals surface area contributed by atoms with E-state index in [4.69, 9.17) is 9.47 Å².